The topological polar surface area (TPSA) is 46.3 Å². The van der Waals surface area contributed by atoms with Crippen molar-refractivity contribution in [3.8, 4) is 0 Å². The highest BCUT2D eigenvalue weighted by Crippen LogP contribution is 2.14. The standard InChI is InChI=1S/C20H26N2O.ClH/c1-4-19(13-16-7-5-15(2)6-8-16)22(3)20(23)14-17-9-11-18(21)12-10-17;/h5-12,19H,4,13-14,21H2,1-3H3;1H. The zero-order chi connectivity index (χ0) is 16.8. The fraction of sp³-hybridized carbons (Fsp3) is 0.350. The molecule has 0 aliphatic rings. The van der Waals surface area contributed by atoms with Gasteiger partial charge in [0.05, 0.1) is 6.42 Å². The van der Waals surface area contributed by atoms with Crippen molar-refractivity contribution < 1.29 is 4.79 Å². The quantitative estimate of drug-likeness (QED) is 0.803. The summed E-state index contributed by atoms with van der Waals surface area (Å²) in [6.07, 6.45) is 2.25. The van der Waals surface area contributed by atoms with Crippen LogP contribution in [0.15, 0.2) is 48.5 Å². The average Bonchev–Trinajstić information content (AvgIpc) is 2.55. The molecule has 0 heterocycles. The van der Waals surface area contributed by atoms with Crippen LogP contribution in [0.5, 0.6) is 0 Å². The lowest BCUT2D eigenvalue weighted by Gasteiger charge is -2.27. The molecule has 24 heavy (non-hydrogen) atoms. The molecule has 2 aromatic carbocycles. The van der Waals surface area contributed by atoms with Crippen LogP contribution < -0.4 is 5.73 Å². The first-order valence-corrected chi connectivity index (χ1v) is 8.15. The van der Waals surface area contributed by atoms with Crippen LogP contribution in [0.2, 0.25) is 0 Å². The minimum absolute atomic E-state index is 0. The number of carbonyl (C=O) groups excluding carboxylic acids is 1. The minimum atomic E-state index is 0. The van der Waals surface area contributed by atoms with Crippen molar-refractivity contribution in [2.45, 2.75) is 39.2 Å². The van der Waals surface area contributed by atoms with Crippen molar-refractivity contribution in [2.24, 2.45) is 0 Å². The predicted octanol–water partition coefficient (Wildman–Crippen LogP) is 4.02. The van der Waals surface area contributed by atoms with Crippen molar-refractivity contribution in [1.29, 1.82) is 0 Å². The number of nitrogen functional groups attached to an aromatic ring is 1. The van der Waals surface area contributed by atoms with E-state index in [4.69, 9.17) is 5.73 Å². The Morgan fingerprint density at radius 2 is 1.58 bits per heavy atom. The lowest BCUT2D eigenvalue weighted by Crippen LogP contribution is -2.39. The number of hydrogen-bond donors (Lipinski definition) is 1. The first kappa shape index (κ1) is 20.0. The maximum atomic E-state index is 12.5. The van der Waals surface area contributed by atoms with Gasteiger partial charge in [-0.15, -0.1) is 12.4 Å². The monoisotopic (exact) mass is 346 g/mol. The van der Waals surface area contributed by atoms with Crippen molar-refractivity contribution in [2.75, 3.05) is 12.8 Å². The summed E-state index contributed by atoms with van der Waals surface area (Å²) in [5, 5.41) is 0. The third-order valence-corrected chi connectivity index (χ3v) is 4.34. The Bertz CT molecular complexity index is 638. The smallest absolute Gasteiger partial charge is 0.226 e. The van der Waals surface area contributed by atoms with Crippen LogP contribution in [0.3, 0.4) is 0 Å². The number of hydrogen-bond acceptors (Lipinski definition) is 2. The summed E-state index contributed by atoms with van der Waals surface area (Å²) in [7, 11) is 1.90. The van der Waals surface area contributed by atoms with Crippen LogP contribution in [0.25, 0.3) is 0 Å². The van der Waals surface area contributed by atoms with E-state index in [2.05, 4.69) is 38.1 Å². The van der Waals surface area contributed by atoms with E-state index in [1.165, 1.54) is 11.1 Å². The number of rotatable bonds is 6. The molecule has 4 heteroatoms. The third kappa shape index (κ3) is 5.57. The van der Waals surface area contributed by atoms with Crippen LogP contribution in [0.1, 0.15) is 30.0 Å². The maximum Gasteiger partial charge on any atom is 0.226 e. The van der Waals surface area contributed by atoms with E-state index < -0.39 is 0 Å². The van der Waals surface area contributed by atoms with Crippen LogP contribution in [-0.4, -0.2) is 23.9 Å². The van der Waals surface area contributed by atoms with Gasteiger partial charge in [-0.05, 0) is 43.0 Å². The number of nitrogens with two attached hydrogens (primary N) is 1. The molecular formula is C20H27ClN2O. The second-order valence-corrected chi connectivity index (χ2v) is 6.17. The van der Waals surface area contributed by atoms with Gasteiger partial charge in [0.15, 0.2) is 0 Å². The first-order chi connectivity index (χ1) is 11.0. The molecule has 0 aromatic heterocycles. The Labute approximate surface area is 151 Å². The molecule has 0 aliphatic carbocycles. The molecule has 2 rings (SSSR count). The van der Waals surface area contributed by atoms with E-state index >= 15 is 0 Å². The molecule has 0 bridgehead atoms. The maximum absolute atomic E-state index is 12.5. The number of nitrogens with zero attached hydrogens (tertiary/aromatic N) is 1. The third-order valence-electron chi connectivity index (χ3n) is 4.34. The van der Waals surface area contributed by atoms with Crippen molar-refractivity contribution in [1.82, 2.24) is 4.90 Å². The summed E-state index contributed by atoms with van der Waals surface area (Å²) >= 11 is 0. The first-order valence-electron chi connectivity index (χ1n) is 8.15. The number of carbonyl (C=O) groups is 1. The van der Waals surface area contributed by atoms with E-state index in [1.54, 1.807) is 0 Å². The van der Waals surface area contributed by atoms with Gasteiger partial charge in [0, 0.05) is 18.8 Å². The highest BCUT2D eigenvalue weighted by atomic mass is 35.5. The summed E-state index contributed by atoms with van der Waals surface area (Å²) in [5.74, 6) is 0.147. The summed E-state index contributed by atoms with van der Waals surface area (Å²) in [4.78, 5) is 14.4. The lowest BCUT2D eigenvalue weighted by molar-refractivity contribution is -0.131. The SMILES string of the molecule is CCC(Cc1ccc(C)cc1)N(C)C(=O)Cc1ccc(N)cc1.Cl. The van der Waals surface area contributed by atoms with E-state index in [0.717, 1.165) is 24.1 Å². The molecular weight excluding hydrogens is 320 g/mol. The molecule has 0 saturated carbocycles. The predicted molar refractivity (Wildman–Crippen MR) is 104 cm³/mol. The second-order valence-electron chi connectivity index (χ2n) is 6.17. The summed E-state index contributed by atoms with van der Waals surface area (Å²) < 4.78 is 0. The Morgan fingerprint density at radius 1 is 1.04 bits per heavy atom. The number of benzene rings is 2. The number of aryl methyl sites for hydroxylation is 1. The zero-order valence-electron chi connectivity index (χ0n) is 14.7. The fourth-order valence-electron chi connectivity index (χ4n) is 2.69. The van der Waals surface area contributed by atoms with Crippen molar-refractivity contribution in [3.05, 3.63) is 65.2 Å². The van der Waals surface area contributed by atoms with Gasteiger partial charge >= 0.3 is 0 Å². The van der Waals surface area contributed by atoms with Crippen molar-refractivity contribution in [3.63, 3.8) is 0 Å². The van der Waals surface area contributed by atoms with Crippen LogP contribution in [0.4, 0.5) is 5.69 Å². The Kier molecular flexibility index (Phi) is 7.80. The Balaban J connectivity index is 0.00000288. The Hall–Kier alpha value is -2.00. The molecule has 130 valence electrons. The molecule has 1 unspecified atom stereocenters. The molecule has 1 atom stereocenters. The second kappa shape index (κ2) is 9.33. The van der Waals surface area contributed by atoms with Crippen molar-refractivity contribution >= 4 is 24.0 Å². The molecule has 1 amide bonds. The number of likely N-dealkylation sites (N-methyl/N-ethyl adjacent to an activating group) is 1. The van der Waals surface area contributed by atoms with Gasteiger partial charge in [-0.25, -0.2) is 0 Å². The molecule has 0 fully saturated rings. The zero-order valence-corrected chi connectivity index (χ0v) is 15.5. The van der Waals surface area contributed by atoms with Gasteiger partial charge in [0.2, 0.25) is 5.91 Å². The van der Waals surface area contributed by atoms with Crippen LogP contribution in [-0.2, 0) is 17.6 Å². The molecule has 0 radical (unpaired) electrons. The minimum Gasteiger partial charge on any atom is -0.399 e. The largest absolute Gasteiger partial charge is 0.399 e. The number of amides is 1. The lowest BCUT2D eigenvalue weighted by atomic mass is 10.0. The highest BCUT2D eigenvalue weighted by molar-refractivity contribution is 5.85. The van der Waals surface area contributed by atoms with Crippen LogP contribution >= 0.6 is 12.4 Å². The van der Waals surface area contributed by atoms with Gasteiger partial charge in [0.1, 0.15) is 0 Å². The van der Waals surface area contributed by atoms with Gasteiger partial charge < -0.3 is 10.6 Å². The highest BCUT2D eigenvalue weighted by Gasteiger charge is 2.19. The summed E-state index contributed by atoms with van der Waals surface area (Å²) in [5.41, 5.74) is 9.94. The van der Waals surface area contributed by atoms with E-state index in [1.807, 2.05) is 36.2 Å². The van der Waals surface area contributed by atoms with Gasteiger partial charge in [-0.1, -0.05) is 48.9 Å². The van der Waals surface area contributed by atoms with E-state index in [9.17, 15) is 4.79 Å². The van der Waals surface area contributed by atoms with Crippen LogP contribution in [0, 0.1) is 6.92 Å². The number of halogens is 1. The van der Waals surface area contributed by atoms with Gasteiger partial charge in [0.25, 0.3) is 0 Å². The molecule has 0 spiro atoms. The van der Waals surface area contributed by atoms with Gasteiger partial charge in [-0.3, -0.25) is 4.79 Å². The molecule has 2 N–H and O–H groups in total. The Morgan fingerprint density at radius 3 is 2.12 bits per heavy atom. The van der Waals surface area contributed by atoms with E-state index in [0.29, 0.717) is 6.42 Å². The number of anilines is 1. The summed E-state index contributed by atoms with van der Waals surface area (Å²) in [6, 6.07) is 16.3. The molecule has 0 saturated heterocycles. The molecule has 0 aliphatic heterocycles. The van der Waals surface area contributed by atoms with E-state index in [-0.39, 0.29) is 24.4 Å². The normalized spacial score (nSPS) is 11.5. The summed E-state index contributed by atoms with van der Waals surface area (Å²) in [6.45, 7) is 4.22. The molecule has 3 nitrogen and oxygen atoms in total. The average molecular weight is 347 g/mol. The van der Waals surface area contributed by atoms with Gasteiger partial charge in [-0.2, -0.15) is 0 Å². The molecule has 2 aromatic rings. The fourth-order valence-corrected chi connectivity index (χ4v) is 2.69.